The third-order valence-corrected chi connectivity index (χ3v) is 2.02. The minimum absolute atomic E-state index is 0.373. The Morgan fingerprint density at radius 2 is 2.13 bits per heavy atom. The van der Waals surface area contributed by atoms with E-state index in [2.05, 4.69) is 23.8 Å². The normalized spacial score (nSPS) is 10.5. The number of nitrogens with two attached hydrogens (primary N) is 1. The summed E-state index contributed by atoms with van der Waals surface area (Å²) in [5, 5.41) is 0. The maximum atomic E-state index is 5.70. The van der Waals surface area contributed by atoms with E-state index in [1.807, 2.05) is 11.9 Å². The van der Waals surface area contributed by atoms with E-state index in [9.17, 15) is 0 Å². The standard InChI is InChI=1S/C10H18N4O/c1-7(2)5-14(3)10-8(15-4)9(11)12-6-13-10/h6-7H,5H2,1-4H3,(H2,11,12,13). The Hall–Kier alpha value is -1.52. The molecule has 5 nitrogen and oxygen atoms in total. The fraction of sp³-hybridized carbons (Fsp3) is 0.600. The van der Waals surface area contributed by atoms with Gasteiger partial charge in [-0.05, 0) is 5.92 Å². The maximum Gasteiger partial charge on any atom is 0.204 e. The van der Waals surface area contributed by atoms with Gasteiger partial charge in [0.15, 0.2) is 11.6 Å². The number of anilines is 2. The highest BCUT2D eigenvalue weighted by Crippen LogP contribution is 2.29. The Labute approximate surface area is 90.3 Å². The molecule has 5 heteroatoms. The highest BCUT2D eigenvalue weighted by molar-refractivity contribution is 5.62. The van der Waals surface area contributed by atoms with Crippen LogP contribution >= 0.6 is 0 Å². The van der Waals surface area contributed by atoms with Crippen molar-refractivity contribution in [1.29, 1.82) is 0 Å². The second-order valence-corrected chi connectivity index (χ2v) is 3.89. The van der Waals surface area contributed by atoms with Crippen LogP contribution in [0.1, 0.15) is 13.8 Å². The molecule has 0 radical (unpaired) electrons. The summed E-state index contributed by atoms with van der Waals surface area (Å²) < 4.78 is 5.19. The molecule has 0 bridgehead atoms. The topological polar surface area (TPSA) is 64.3 Å². The summed E-state index contributed by atoms with van der Waals surface area (Å²) in [4.78, 5) is 10.1. The number of ether oxygens (including phenoxy) is 1. The van der Waals surface area contributed by atoms with E-state index < -0.39 is 0 Å². The Kier molecular flexibility index (Phi) is 3.71. The summed E-state index contributed by atoms with van der Waals surface area (Å²) in [6.07, 6.45) is 1.45. The zero-order valence-corrected chi connectivity index (χ0v) is 9.69. The van der Waals surface area contributed by atoms with Crippen molar-refractivity contribution in [3.05, 3.63) is 6.33 Å². The molecule has 0 saturated heterocycles. The summed E-state index contributed by atoms with van der Waals surface area (Å²) in [6, 6.07) is 0. The summed E-state index contributed by atoms with van der Waals surface area (Å²) in [5.74, 6) is 2.20. The average Bonchev–Trinajstić information content (AvgIpc) is 2.16. The fourth-order valence-electron chi connectivity index (χ4n) is 1.48. The molecule has 1 aromatic heterocycles. The molecular formula is C10H18N4O. The van der Waals surface area contributed by atoms with Crippen molar-refractivity contribution in [3.63, 3.8) is 0 Å². The third kappa shape index (κ3) is 2.71. The highest BCUT2D eigenvalue weighted by Gasteiger charge is 2.14. The van der Waals surface area contributed by atoms with Crippen LogP contribution in [0.15, 0.2) is 6.33 Å². The molecule has 0 atom stereocenters. The van der Waals surface area contributed by atoms with Crippen LogP contribution in [0.3, 0.4) is 0 Å². The Bertz CT molecular complexity index is 327. The molecule has 0 aliphatic heterocycles. The van der Waals surface area contributed by atoms with Crippen LogP contribution in [0, 0.1) is 5.92 Å². The average molecular weight is 210 g/mol. The number of hydrogen-bond donors (Lipinski definition) is 1. The van der Waals surface area contributed by atoms with Crippen molar-refractivity contribution in [2.75, 3.05) is 31.3 Å². The van der Waals surface area contributed by atoms with Crippen LogP contribution in [0.4, 0.5) is 11.6 Å². The molecule has 0 aliphatic rings. The molecule has 2 N–H and O–H groups in total. The van der Waals surface area contributed by atoms with Gasteiger partial charge in [-0.25, -0.2) is 9.97 Å². The van der Waals surface area contributed by atoms with Gasteiger partial charge in [-0.15, -0.1) is 0 Å². The second-order valence-electron chi connectivity index (χ2n) is 3.89. The lowest BCUT2D eigenvalue weighted by Gasteiger charge is -2.22. The lowest BCUT2D eigenvalue weighted by molar-refractivity contribution is 0.412. The molecule has 1 rings (SSSR count). The van der Waals surface area contributed by atoms with Gasteiger partial charge in [-0.1, -0.05) is 13.8 Å². The first-order valence-corrected chi connectivity index (χ1v) is 4.91. The number of nitrogens with zero attached hydrogens (tertiary/aromatic N) is 3. The molecule has 0 aliphatic carbocycles. The van der Waals surface area contributed by atoms with Crippen LogP contribution < -0.4 is 15.4 Å². The van der Waals surface area contributed by atoms with Crippen molar-refractivity contribution in [2.24, 2.45) is 5.92 Å². The SMILES string of the molecule is COc1c(N)ncnc1N(C)CC(C)C. The summed E-state index contributed by atoms with van der Waals surface area (Å²) in [7, 11) is 3.53. The van der Waals surface area contributed by atoms with E-state index in [0.717, 1.165) is 12.4 Å². The summed E-state index contributed by atoms with van der Waals surface area (Å²) in [6.45, 7) is 5.19. The number of rotatable bonds is 4. The van der Waals surface area contributed by atoms with E-state index in [-0.39, 0.29) is 0 Å². The molecule has 0 spiro atoms. The molecule has 15 heavy (non-hydrogen) atoms. The lowest BCUT2D eigenvalue weighted by atomic mass is 10.2. The molecule has 0 aromatic carbocycles. The van der Waals surface area contributed by atoms with Crippen LogP contribution in [-0.2, 0) is 0 Å². The van der Waals surface area contributed by atoms with E-state index in [4.69, 9.17) is 10.5 Å². The molecule has 0 fully saturated rings. The minimum atomic E-state index is 0.373. The first kappa shape index (κ1) is 11.6. The first-order valence-electron chi connectivity index (χ1n) is 4.91. The zero-order chi connectivity index (χ0) is 11.4. The van der Waals surface area contributed by atoms with E-state index in [1.54, 1.807) is 7.11 Å². The van der Waals surface area contributed by atoms with Gasteiger partial charge in [-0.2, -0.15) is 0 Å². The number of nitrogen functional groups attached to an aromatic ring is 1. The van der Waals surface area contributed by atoms with E-state index in [1.165, 1.54) is 6.33 Å². The van der Waals surface area contributed by atoms with Crippen LogP contribution in [-0.4, -0.2) is 30.7 Å². The van der Waals surface area contributed by atoms with Crippen molar-refractivity contribution in [2.45, 2.75) is 13.8 Å². The van der Waals surface area contributed by atoms with Gasteiger partial charge in [0.2, 0.25) is 5.75 Å². The van der Waals surface area contributed by atoms with Crippen LogP contribution in [0.5, 0.6) is 5.75 Å². The van der Waals surface area contributed by atoms with Gasteiger partial charge >= 0.3 is 0 Å². The van der Waals surface area contributed by atoms with Crippen molar-refractivity contribution >= 4 is 11.6 Å². The quantitative estimate of drug-likeness (QED) is 0.807. The number of aromatic nitrogens is 2. The van der Waals surface area contributed by atoms with Gasteiger partial charge < -0.3 is 15.4 Å². The molecule has 1 aromatic rings. The van der Waals surface area contributed by atoms with Crippen molar-refractivity contribution in [3.8, 4) is 5.75 Å². The molecule has 0 unspecified atom stereocenters. The molecule has 84 valence electrons. The highest BCUT2D eigenvalue weighted by atomic mass is 16.5. The molecule has 0 saturated carbocycles. The van der Waals surface area contributed by atoms with Gasteiger partial charge in [0.1, 0.15) is 6.33 Å². The third-order valence-electron chi connectivity index (χ3n) is 2.02. The predicted octanol–water partition coefficient (Wildman–Crippen LogP) is 1.16. The van der Waals surface area contributed by atoms with Gasteiger partial charge in [0.25, 0.3) is 0 Å². The summed E-state index contributed by atoms with van der Waals surface area (Å²) >= 11 is 0. The second kappa shape index (κ2) is 4.82. The van der Waals surface area contributed by atoms with Gasteiger partial charge in [0, 0.05) is 13.6 Å². The maximum absolute atomic E-state index is 5.70. The minimum Gasteiger partial charge on any atom is -0.490 e. The van der Waals surface area contributed by atoms with E-state index >= 15 is 0 Å². The van der Waals surface area contributed by atoms with Gasteiger partial charge in [0.05, 0.1) is 7.11 Å². The Morgan fingerprint density at radius 3 is 2.67 bits per heavy atom. The zero-order valence-electron chi connectivity index (χ0n) is 9.69. The predicted molar refractivity (Wildman–Crippen MR) is 61.1 cm³/mol. The first-order chi connectivity index (χ1) is 7.06. The van der Waals surface area contributed by atoms with Crippen LogP contribution in [0.25, 0.3) is 0 Å². The van der Waals surface area contributed by atoms with Crippen molar-refractivity contribution < 1.29 is 4.74 Å². The molecule has 0 amide bonds. The smallest absolute Gasteiger partial charge is 0.204 e. The largest absolute Gasteiger partial charge is 0.490 e. The summed E-state index contributed by atoms with van der Waals surface area (Å²) in [5.41, 5.74) is 5.70. The monoisotopic (exact) mass is 210 g/mol. The Balaban J connectivity index is 2.97. The molecule has 1 heterocycles. The van der Waals surface area contributed by atoms with Gasteiger partial charge in [-0.3, -0.25) is 0 Å². The van der Waals surface area contributed by atoms with Crippen LogP contribution in [0.2, 0.25) is 0 Å². The van der Waals surface area contributed by atoms with E-state index in [0.29, 0.717) is 17.5 Å². The lowest BCUT2D eigenvalue weighted by Crippen LogP contribution is -2.24. The Morgan fingerprint density at radius 1 is 1.47 bits per heavy atom. The fourth-order valence-corrected chi connectivity index (χ4v) is 1.48. The molecular weight excluding hydrogens is 192 g/mol. The van der Waals surface area contributed by atoms with Crippen molar-refractivity contribution in [1.82, 2.24) is 9.97 Å². The number of hydrogen-bond acceptors (Lipinski definition) is 5. The number of methoxy groups -OCH3 is 1.